The second-order valence-corrected chi connectivity index (χ2v) is 9.60. The van der Waals surface area contributed by atoms with E-state index in [1.165, 1.54) is 17.0 Å². The lowest BCUT2D eigenvalue weighted by Crippen LogP contribution is -2.44. The van der Waals surface area contributed by atoms with Gasteiger partial charge in [0.15, 0.2) is 0 Å². The molecule has 1 aliphatic rings. The number of carbonyl (C=O) groups is 1. The van der Waals surface area contributed by atoms with Crippen LogP contribution in [-0.4, -0.2) is 50.4 Å². The predicted octanol–water partition coefficient (Wildman–Crippen LogP) is 3.91. The first kappa shape index (κ1) is 21.9. The largest absolute Gasteiger partial charge is 0.331 e. The maximum Gasteiger partial charge on any atom is 0.331 e. The molecular formula is C20H23Cl2N3O3S. The quantitative estimate of drug-likeness (QED) is 0.758. The first-order chi connectivity index (χ1) is 13.7. The Morgan fingerprint density at radius 2 is 1.76 bits per heavy atom. The van der Waals surface area contributed by atoms with Crippen molar-refractivity contribution in [2.75, 3.05) is 26.2 Å². The molecule has 0 saturated carbocycles. The first-order valence-corrected chi connectivity index (χ1v) is 11.5. The normalized spacial score (nSPS) is 15.8. The molecule has 0 unspecified atom stereocenters. The average molecular weight is 456 g/mol. The molecule has 2 aromatic rings. The fourth-order valence-corrected chi connectivity index (χ4v) is 4.62. The summed E-state index contributed by atoms with van der Waals surface area (Å²) in [5.74, 6) is 0. The highest BCUT2D eigenvalue weighted by Crippen LogP contribution is 2.22. The van der Waals surface area contributed by atoms with Crippen LogP contribution in [0.25, 0.3) is 0 Å². The van der Waals surface area contributed by atoms with Crippen molar-refractivity contribution in [1.82, 2.24) is 14.5 Å². The zero-order chi connectivity index (χ0) is 21.0. The molecule has 2 aromatic carbocycles. The van der Waals surface area contributed by atoms with Gasteiger partial charge in [-0.2, -0.15) is 0 Å². The van der Waals surface area contributed by atoms with E-state index in [-0.39, 0.29) is 4.90 Å². The maximum absolute atomic E-state index is 12.5. The molecule has 3 rings (SSSR count). The maximum atomic E-state index is 12.5. The van der Waals surface area contributed by atoms with Crippen LogP contribution in [0.4, 0.5) is 4.79 Å². The number of aryl methyl sites for hydroxylation is 1. The number of urea groups is 1. The summed E-state index contributed by atoms with van der Waals surface area (Å²) in [6.45, 7) is 4.84. The van der Waals surface area contributed by atoms with Crippen molar-refractivity contribution in [1.29, 1.82) is 0 Å². The summed E-state index contributed by atoms with van der Waals surface area (Å²) in [7, 11) is -3.89. The predicted molar refractivity (Wildman–Crippen MR) is 115 cm³/mol. The number of nitrogens with one attached hydrogen (secondary N) is 1. The van der Waals surface area contributed by atoms with Crippen molar-refractivity contribution >= 4 is 39.3 Å². The van der Waals surface area contributed by atoms with E-state index in [2.05, 4.69) is 9.62 Å². The Balaban J connectivity index is 1.59. The van der Waals surface area contributed by atoms with Crippen LogP contribution >= 0.6 is 23.2 Å². The first-order valence-electron chi connectivity index (χ1n) is 9.29. The number of halogens is 2. The van der Waals surface area contributed by atoms with Gasteiger partial charge in [0.1, 0.15) is 0 Å². The minimum atomic E-state index is -3.89. The van der Waals surface area contributed by atoms with Gasteiger partial charge in [-0.25, -0.2) is 17.9 Å². The third kappa shape index (κ3) is 5.85. The molecule has 9 heteroatoms. The Morgan fingerprint density at radius 3 is 2.45 bits per heavy atom. The molecule has 1 N–H and O–H groups in total. The summed E-state index contributed by atoms with van der Waals surface area (Å²) in [4.78, 5) is 16.3. The van der Waals surface area contributed by atoms with Gasteiger partial charge in [-0.1, -0.05) is 47.0 Å². The Bertz CT molecular complexity index is 981. The van der Waals surface area contributed by atoms with Crippen molar-refractivity contribution in [2.45, 2.75) is 24.8 Å². The lowest BCUT2D eigenvalue weighted by atomic mass is 10.2. The lowest BCUT2D eigenvalue weighted by Gasteiger charge is -2.22. The Hall–Kier alpha value is -1.80. The van der Waals surface area contributed by atoms with Gasteiger partial charge in [0.2, 0.25) is 0 Å². The Kier molecular flexibility index (Phi) is 7.05. The molecule has 1 fully saturated rings. The fourth-order valence-electron chi connectivity index (χ4n) is 3.18. The molecule has 0 atom stereocenters. The molecule has 0 spiro atoms. The van der Waals surface area contributed by atoms with Crippen LogP contribution in [0.15, 0.2) is 47.4 Å². The van der Waals surface area contributed by atoms with Gasteiger partial charge in [0.25, 0.3) is 10.0 Å². The summed E-state index contributed by atoms with van der Waals surface area (Å²) in [6, 6.07) is 11.2. The van der Waals surface area contributed by atoms with E-state index in [1.54, 1.807) is 24.3 Å². The highest BCUT2D eigenvalue weighted by Gasteiger charge is 2.24. The van der Waals surface area contributed by atoms with Crippen molar-refractivity contribution in [3.8, 4) is 0 Å². The molecule has 0 aliphatic carbocycles. The molecule has 29 heavy (non-hydrogen) atoms. The third-order valence-corrected chi connectivity index (χ3v) is 6.76. The molecule has 6 nitrogen and oxygen atoms in total. The topological polar surface area (TPSA) is 69.7 Å². The second kappa shape index (κ2) is 9.34. The average Bonchev–Trinajstić information content (AvgIpc) is 2.90. The van der Waals surface area contributed by atoms with E-state index < -0.39 is 16.1 Å². The van der Waals surface area contributed by atoms with E-state index in [9.17, 15) is 13.2 Å². The zero-order valence-corrected chi connectivity index (χ0v) is 18.4. The number of sulfonamides is 1. The van der Waals surface area contributed by atoms with Gasteiger partial charge >= 0.3 is 6.03 Å². The van der Waals surface area contributed by atoms with E-state index in [0.717, 1.165) is 24.1 Å². The molecule has 1 heterocycles. The van der Waals surface area contributed by atoms with Crippen LogP contribution in [0.5, 0.6) is 0 Å². The Labute approximate surface area is 181 Å². The summed E-state index contributed by atoms with van der Waals surface area (Å²) < 4.78 is 27.1. The van der Waals surface area contributed by atoms with Crippen LogP contribution in [0.2, 0.25) is 10.0 Å². The molecule has 0 aromatic heterocycles. The SMILES string of the molecule is Cc1ccc(S(=O)(=O)NC(=O)N2CCCN(Cc3ccc(Cl)cc3Cl)CC2)cc1. The van der Waals surface area contributed by atoms with Gasteiger partial charge in [-0.3, -0.25) is 4.90 Å². The standard InChI is InChI=1S/C20H23Cl2N3O3S/c1-15-3-7-18(8-4-15)29(27,28)23-20(26)25-10-2-9-24(11-12-25)14-16-5-6-17(21)13-19(16)22/h3-8,13H,2,9-12,14H2,1H3,(H,23,26). The lowest BCUT2D eigenvalue weighted by molar-refractivity contribution is 0.203. The van der Waals surface area contributed by atoms with Crippen LogP contribution in [0.3, 0.4) is 0 Å². The fraction of sp³-hybridized carbons (Fsp3) is 0.350. The van der Waals surface area contributed by atoms with E-state index in [0.29, 0.717) is 36.2 Å². The summed E-state index contributed by atoms with van der Waals surface area (Å²) in [5, 5.41) is 1.20. The third-order valence-electron chi connectivity index (χ3n) is 4.84. The number of hydrogen-bond donors (Lipinski definition) is 1. The number of hydrogen-bond acceptors (Lipinski definition) is 4. The van der Waals surface area contributed by atoms with Crippen molar-refractivity contribution in [3.63, 3.8) is 0 Å². The molecule has 1 aliphatic heterocycles. The van der Waals surface area contributed by atoms with Crippen molar-refractivity contribution < 1.29 is 13.2 Å². The highest BCUT2D eigenvalue weighted by molar-refractivity contribution is 7.90. The smallest absolute Gasteiger partial charge is 0.323 e. The highest BCUT2D eigenvalue weighted by atomic mass is 35.5. The summed E-state index contributed by atoms with van der Waals surface area (Å²) in [6.07, 6.45) is 0.739. The van der Waals surface area contributed by atoms with Crippen LogP contribution in [-0.2, 0) is 16.6 Å². The molecule has 2 amide bonds. The van der Waals surface area contributed by atoms with Gasteiger partial charge < -0.3 is 4.90 Å². The molecular weight excluding hydrogens is 433 g/mol. The van der Waals surface area contributed by atoms with Crippen LogP contribution in [0, 0.1) is 6.92 Å². The Morgan fingerprint density at radius 1 is 1.03 bits per heavy atom. The van der Waals surface area contributed by atoms with Gasteiger partial charge in [-0.15, -0.1) is 0 Å². The number of nitrogens with zero attached hydrogens (tertiary/aromatic N) is 2. The number of carbonyl (C=O) groups excluding carboxylic acids is 1. The minimum absolute atomic E-state index is 0.0743. The molecule has 0 bridgehead atoms. The van der Waals surface area contributed by atoms with Crippen molar-refractivity contribution in [3.05, 3.63) is 63.6 Å². The molecule has 156 valence electrons. The van der Waals surface area contributed by atoms with Gasteiger partial charge in [0.05, 0.1) is 4.90 Å². The van der Waals surface area contributed by atoms with Crippen molar-refractivity contribution in [2.24, 2.45) is 0 Å². The minimum Gasteiger partial charge on any atom is -0.323 e. The monoisotopic (exact) mass is 455 g/mol. The zero-order valence-electron chi connectivity index (χ0n) is 16.1. The molecule has 1 saturated heterocycles. The van der Waals surface area contributed by atoms with E-state index in [1.807, 2.05) is 13.0 Å². The summed E-state index contributed by atoms with van der Waals surface area (Å²) in [5.41, 5.74) is 1.92. The van der Waals surface area contributed by atoms with Crippen LogP contribution < -0.4 is 4.72 Å². The van der Waals surface area contributed by atoms with E-state index >= 15 is 0 Å². The summed E-state index contributed by atoms with van der Waals surface area (Å²) >= 11 is 12.2. The molecule has 0 radical (unpaired) electrons. The van der Waals surface area contributed by atoms with Crippen LogP contribution in [0.1, 0.15) is 17.5 Å². The van der Waals surface area contributed by atoms with E-state index in [4.69, 9.17) is 23.2 Å². The van der Waals surface area contributed by atoms with Gasteiger partial charge in [0, 0.05) is 42.8 Å². The van der Waals surface area contributed by atoms with Gasteiger partial charge in [-0.05, 0) is 43.2 Å². The number of benzene rings is 2. The number of amides is 2. The number of rotatable bonds is 4. The second-order valence-electron chi connectivity index (χ2n) is 7.08.